The molecule has 2 heterocycles. The maximum atomic E-state index is 4.59. The Balaban J connectivity index is 2.41. The number of pyridine rings is 1. The van der Waals surface area contributed by atoms with E-state index in [9.17, 15) is 0 Å². The number of H-pyrrole nitrogens is 1. The van der Waals surface area contributed by atoms with E-state index >= 15 is 0 Å². The molecule has 0 aromatic carbocycles. The molecule has 2 heteroatoms. The lowest BCUT2D eigenvalue weighted by Gasteiger charge is -2.05. The number of rotatable bonds is 2. The fourth-order valence-electron chi connectivity index (χ4n) is 1.42. The Morgan fingerprint density at radius 2 is 2.07 bits per heavy atom. The van der Waals surface area contributed by atoms with Gasteiger partial charge < -0.3 is 4.98 Å². The summed E-state index contributed by atoms with van der Waals surface area (Å²) in [5.74, 6) is 0.480. The van der Waals surface area contributed by atoms with Crippen LogP contribution >= 0.6 is 0 Å². The Labute approximate surface area is 84.0 Å². The van der Waals surface area contributed by atoms with E-state index in [2.05, 4.69) is 35.9 Å². The lowest BCUT2D eigenvalue weighted by atomic mass is 10.1. The third kappa shape index (κ3) is 1.69. The van der Waals surface area contributed by atoms with Gasteiger partial charge >= 0.3 is 0 Å². The van der Waals surface area contributed by atoms with Crippen molar-refractivity contribution in [3.8, 4) is 11.3 Å². The first-order valence-corrected chi connectivity index (χ1v) is 4.87. The van der Waals surface area contributed by atoms with E-state index in [1.807, 2.05) is 24.5 Å². The highest BCUT2D eigenvalue weighted by Crippen LogP contribution is 2.19. The summed E-state index contributed by atoms with van der Waals surface area (Å²) in [4.78, 5) is 7.63. The normalized spacial score (nSPS) is 10.8. The summed E-state index contributed by atoms with van der Waals surface area (Å²) in [6.07, 6.45) is 3.88. The predicted molar refractivity (Wildman–Crippen MR) is 58.1 cm³/mol. The molecule has 0 atom stereocenters. The summed E-state index contributed by atoms with van der Waals surface area (Å²) < 4.78 is 0. The molecule has 0 aliphatic rings. The molecule has 1 N–H and O–H groups in total. The molecular weight excluding hydrogens is 172 g/mol. The molecule has 2 rings (SSSR count). The van der Waals surface area contributed by atoms with E-state index in [0.29, 0.717) is 5.92 Å². The number of nitrogens with zero attached hydrogens (tertiary/aromatic N) is 1. The van der Waals surface area contributed by atoms with Crippen molar-refractivity contribution < 1.29 is 0 Å². The number of aromatic amines is 1. The summed E-state index contributed by atoms with van der Waals surface area (Å²) in [6.45, 7) is 4.31. The average Bonchev–Trinajstić information content (AvgIpc) is 2.71. The smallest absolute Gasteiger partial charge is 0.0720 e. The molecule has 0 spiro atoms. The molecule has 2 aromatic heterocycles. The van der Waals surface area contributed by atoms with Crippen molar-refractivity contribution in [1.82, 2.24) is 9.97 Å². The Hall–Kier alpha value is -1.57. The maximum Gasteiger partial charge on any atom is 0.0720 e. The molecule has 0 fully saturated rings. The van der Waals surface area contributed by atoms with Crippen LogP contribution < -0.4 is 0 Å². The van der Waals surface area contributed by atoms with Crippen molar-refractivity contribution >= 4 is 0 Å². The third-order valence-corrected chi connectivity index (χ3v) is 2.26. The van der Waals surface area contributed by atoms with Gasteiger partial charge in [-0.05, 0) is 24.1 Å². The van der Waals surface area contributed by atoms with E-state index in [0.717, 1.165) is 17.0 Å². The fourth-order valence-corrected chi connectivity index (χ4v) is 1.42. The van der Waals surface area contributed by atoms with Crippen molar-refractivity contribution in [2.24, 2.45) is 0 Å². The van der Waals surface area contributed by atoms with Crippen LogP contribution in [0.1, 0.15) is 25.5 Å². The van der Waals surface area contributed by atoms with Gasteiger partial charge in [-0.15, -0.1) is 0 Å². The zero-order chi connectivity index (χ0) is 9.97. The second-order valence-corrected chi connectivity index (χ2v) is 3.70. The van der Waals surface area contributed by atoms with Crippen LogP contribution in [0.4, 0.5) is 0 Å². The van der Waals surface area contributed by atoms with Gasteiger partial charge in [-0.2, -0.15) is 0 Å². The Bertz CT molecular complexity index is 402. The average molecular weight is 186 g/mol. The molecule has 0 aliphatic heterocycles. The van der Waals surface area contributed by atoms with Crippen molar-refractivity contribution in [3.05, 3.63) is 42.4 Å². The first-order valence-electron chi connectivity index (χ1n) is 4.87. The Morgan fingerprint density at radius 1 is 1.21 bits per heavy atom. The van der Waals surface area contributed by atoms with Crippen molar-refractivity contribution in [3.63, 3.8) is 0 Å². The van der Waals surface area contributed by atoms with E-state index in [4.69, 9.17) is 0 Å². The van der Waals surface area contributed by atoms with E-state index in [1.54, 1.807) is 0 Å². The second-order valence-electron chi connectivity index (χ2n) is 3.70. The van der Waals surface area contributed by atoms with Gasteiger partial charge in [-0.3, -0.25) is 4.98 Å². The Kier molecular flexibility index (Phi) is 2.35. The summed E-state index contributed by atoms with van der Waals surface area (Å²) in [6, 6.07) is 8.20. The van der Waals surface area contributed by atoms with Crippen LogP contribution in [0.2, 0.25) is 0 Å². The van der Waals surface area contributed by atoms with Gasteiger partial charge in [0, 0.05) is 23.7 Å². The van der Waals surface area contributed by atoms with E-state index in [1.165, 1.54) is 0 Å². The van der Waals surface area contributed by atoms with Crippen molar-refractivity contribution in [2.45, 2.75) is 19.8 Å². The van der Waals surface area contributed by atoms with Crippen molar-refractivity contribution in [2.75, 3.05) is 0 Å². The molecule has 0 unspecified atom stereocenters. The SMILES string of the molecule is CC(C)c1cccc(-c2cc[nH]c2)n1. The zero-order valence-electron chi connectivity index (χ0n) is 8.49. The highest BCUT2D eigenvalue weighted by Gasteiger charge is 2.03. The van der Waals surface area contributed by atoms with E-state index in [-0.39, 0.29) is 0 Å². The summed E-state index contributed by atoms with van der Waals surface area (Å²) in [5, 5.41) is 0. The summed E-state index contributed by atoms with van der Waals surface area (Å²) >= 11 is 0. The molecular formula is C12H14N2. The number of nitrogens with one attached hydrogen (secondary N) is 1. The minimum atomic E-state index is 0.480. The molecule has 0 amide bonds. The van der Waals surface area contributed by atoms with Crippen LogP contribution in [-0.2, 0) is 0 Å². The monoisotopic (exact) mass is 186 g/mol. The van der Waals surface area contributed by atoms with Gasteiger partial charge in [0.1, 0.15) is 0 Å². The van der Waals surface area contributed by atoms with E-state index < -0.39 is 0 Å². The van der Waals surface area contributed by atoms with Crippen LogP contribution in [0.15, 0.2) is 36.7 Å². The highest BCUT2D eigenvalue weighted by atomic mass is 14.7. The largest absolute Gasteiger partial charge is 0.367 e. The molecule has 2 aromatic rings. The quantitative estimate of drug-likeness (QED) is 0.766. The van der Waals surface area contributed by atoms with Crippen LogP contribution in [0, 0.1) is 0 Å². The third-order valence-electron chi connectivity index (χ3n) is 2.26. The van der Waals surface area contributed by atoms with Crippen molar-refractivity contribution in [1.29, 1.82) is 0 Å². The first-order chi connectivity index (χ1) is 6.77. The molecule has 0 saturated carbocycles. The lowest BCUT2D eigenvalue weighted by molar-refractivity contribution is 0.824. The first kappa shape index (κ1) is 9.00. The number of hydrogen-bond donors (Lipinski definition) is 1. The maximum absolute atomic E-state index is 4.59. The highest BCUT2D eigenvalue weighted by molar-refractivity contribution is 5.57. The van der Waals surface area contributed by atoms with Gasteiger partial charge in [0.25, 0.3) is 0 Å². The van der Waals surface area contributed by atoms with Gasteiger partial charge in [0.15, 0.2) is 0 Å². The molecule has 72 valence electrons. The lowest BCUT2D eigenvalue weighted by Crippen LogP contribution is -1.93. The molecule has 14 heavy (non-hydrogen) atoms. The van der Waals surface area contributed by atoms with Gasteiger partial charge in [-0.1, -0.05) is 19.9 Å². The number of aromatic nitrogens is 2. The van der Waals surface area contributed by atoms with Gasteiger partial charge in [-0.25, -0.2) is 0 Å². The molecule has 2 nitrogen and oxygen atoms in total. The van der Waals surface area contributed by atoms with Gasteiger partial charge in [0.2, 0.25) is 0 Å². The number of hydrogen-bond acceptors (Lipinski definition) is 1. The molecule has 0 saturated heterocycles. The predicted octanol–water partition coefficient (Wildman–Crippen LogP) is 3.20. The second kappa shape index (κ2) is 3.66. The van der Waals surface area contributed by atoms with Crippen LogP contribution in [0.5, 0.6) is 0 Å². The standard InChI is InChI=1S/C12H14N2/c1-9(2)11-4-3-5-12(14-11)10-6-7-13-8-10/h3-9,13H,1-2H3. The topological polar surface area (TPSA) is 28.7 Å². The van der Waals surface area contributed by atoms with Crippen LogP contribution in [-0.4, -0.2) is 9.97 Å². The Morgan fingerprint density at radius 3 is 2.71 bits per heavy atom. The molecule has 0 radical (unpaired) electrons. The molecule has 0 aliphatic carbocycles. The zero-order valence-corrected chi connectivity index (χ0v) is 8.49. The summed E-state index contributed by atoms with van der Waals surface area (Å²) in [5.41, 5.74) is 3.33. The molecule has 0 bridgehead atoms. The minimum absolute atomic E-state index is 0.480. The summed E-state index contributed by atoms with van der Waals surface area (Å²) in [7, 11) is 0. The van der Waals surface area contributed by atoms with Crippen LogP contribution in [0.3, 0.4) is 0 Å². The van der Waals surface area contributed by atoms with Gasteiger partial charge in [0.05, 0.1) is 5.69 Å². The fraction of sp³-hybridized carbons (Fsp3) is 0.250. The van der Waals surface area contributed by atoms with Crippen LogP contribution in [0.25, 0.3) is 11.3 Å². The minimum Gasteiger partial charge on any atom is -0.367 e.